The lowest BCUT2D eigenvalue weighted by Crippen LogP contribution is -2.62. The van der Waals surface area contributed by atoms with Crippen molar-refractivity contribution in [3.8, 4) is 0 Å². The number of aromatic nitrogens is 2. The molecule has 1 aromatic heterocycles. The fraction of sp³-hybridized carbons (Fsp3) is 0.385. The van der Waals surface area contributed by atoms with Gasteiger partial charge in [-0.1, -0.05) is 51.1 Å². The van der Waals surface area contributed by atoms with E-state index in [0.29, 0.717) is 31.6 Å². The molecule has 4 rings (SSSR count). The van der Waals surface area contributed by atoms with Gasteiger partial charge in [0.1, 0.15) is 11.9 Å². The number of fused-ring (bicyclic) bond motifs is 1. The van der Waals surface area contributed by atoms with Gasteiger partial charge in [-0.05, 0) is 29.2 Å². The second kappa shape index (κ2) is 9.96. The van der Waals surface area contributed by atoms with Gasteiger partial charge in [0.15, 0.2) is 5.69 Å². The summed E-state index contributed by atoms with van der Waals surface area (Å²) < 4.78 is 15.0. The fourth-order valence-electron chi connectivity index (χ4n) is 4.33. The highest BCUT2D eigenvalue weighted by atomic mass is 19.1. The highest BCUT2D eigenvalue weighted by molar-refractivity contribution is 6.06. The number of carbonyl (C=O) groups is 3. The third-order valence-corrected chi connectivity index (χ3v) is 6.34. The number of halogens is 1. The van der Waals surface area contributed by atoms with Gasteiger partial charge in [0.05, 0.1) is 12.1 Å². The number of likely N-dealkylation sites (tertiary alicyclic amines) is 1. The van der Waals surface area contributed by atoms with E-state index in [2.05, 4.69) is 15.7 Å². The number of rotatable bonds is 7. The van der Waals surface area contributed by atoms with Gasteiger partial charge in [-0.25, -0.2) is 9.18 Å². The highest BCUT2D eigenvalue weighted by Crippen LogP contribution is 2.26. The van der Waals surface area contributed by atoms with Gasteiger partial charge in [-0.15, -0.1) is 0 Å². The number of primary amides is 1. The standard InChI is InChI=1S/C26H31FN6O3/c1-26(2,3)22(24(35)32-13-17(14-32)12-29-25(28)36)30-23(34)21-19-6-4-5-7-20(19)33(31-21)15-16-8-10-18(27)11-9-16/h4-11,17,22H,12-15H2,1-3H3,(H,30,34)(H3,28,29,36)/t22-/m1/s1. The molecular formula is C26H31FN6O3. The summed E-state index contributed by atoms with van der Waals surface area (Å²) in [5.74, 6) is -0.811. The highest BCUT2D eigenvalue weighted by Gasteiger charge is 2.40. The summed E-state index contributed by atoms with van der Waals surface area (Å²) in [6.45, 7) is 7.42. The molecule has 0 aliphatic carbocycles. The predicted octanol–water partition coefficient (Wildman–Crippen LogP) is 2.49. The molecule has 1 fully saturated rings. The lowest BCUT2D eigenvalue weighted by atomic mass is 9.84. The van der Waals surface area contributed by atoms with Crippen LogP contribution in [0.25, 0.3) is 10.9 Å². The largest absolute Gasteiger partial charge is 0.352 e. The molecule has 0 radical (unpaired) electrons. The number of hydrogen-bond donors (Lipinski definition) is 3. The van der Waals surface area contributed by atoms with E-state index in [4.69, 9.17) is 5.73 Å². The van der Waals surface area contributed by atoms with Crippen LogP contribution in [0, 0.1) is 17.2 Å². The second-order valence-electron chi connectivity index (χ2n) is 10.3. The molecule has 10 heteroatoms. The van der Waals surface area contributed by atoms with E-state index >= 15 is 0 Å². The van der Waals surface area contributed by atoms with Gasteiger partial charge in [0.25, 0.3) is 5.91 Å². The third-order valence-electron chi connectivity index (χ3n) is 6.34. The van der Waals surface area contributed by atoms with Crippen LogP contribution in [-0.4, -0.2) is 58.2 Å². The minimum Gasteiger partial charge on any atom is -0.352 e. The summed E-state index contributed by atoms with van der Waals surface area (Å²) in [6.07, 6.45) is 0. The molecular weight excluding hydrogens is 463 g/mol. The van der Waals surface area contributed by atoms with Crippen LogP contribution >= 0.6 is 0 Å². The van der Waals surface area contributed by atoms with E-state index in [0.717, 1.165) is 11.1 Å². The Hall–Kier alpha value is -3.95. The van der Waals surface area contributed by atoms with Crippen molar-refractivity contribution in [2.24, 2.45) is 17.1 Å². The molecule has 190 valence electrons. The summed E-state index contributed by atoms with van der Waals surface area (Å²) in [5.41, 5.74) is 6.40. The molecule has 1 aliphatic rings. The van der Waals surface area contributed by atoms with E-state index in [1.165, 1.54) is 12.1 Å². The average molecular weight is 495 g/mol. The molecule has 0 bridgehead atoms. The zero-order valence-corrected chi connectivity index (χ0v) is 20.6. The second-order valence-corrected chi connectivity index (χ2v) is 10.3. The van der Waals surface area contributed by atoms with Crippen molar-refractivity contribution >= 4 is 28.7 Å². The number of nitrogens with zero attached hydrogens (tertiary/aromatic N) is 3. The minimum absolute atomic E-state index is 0.129. The summed E-state index contributed by atoms with van der Waals surface area (Å²) in [6, 6.07) is 12.2. The van der Waals surface area contributed by atoms with Crippen molar-refractivity contribution < 1.29 is 18.8 Å². The Morgan fingerprint density at radius 3 is 2.42 bits per heavy atom. The van der Waals surface area contributed by atoms with E-state index in [-0.39, 0.29) is 23.3 Å². The Morgan fingerprint density at radius 2 is 1.78 bits per heavy atom. The molecule has 0 unspecified atom stereocenters. The molecule has 4 amide bonds. The number of hydrogen-bond acceptors (Lipinski definition) is 4. The summed E-state index contributed by atoms with van der Waals surface area (Å²) in [7, 11) is 0. The van der Waals surface area contributed by atoms with Crippen LogP contribution < -0.4 is 16.4 Å². The van der Waals surface area contributed by atoms with Gasteiger partial charge in [-0.3, -0.25) is 14.3 Å². The maximum absolute atomic E-state index is 13.4. The van der Waals surface area contributed by atoms with Crippen molar-refractivity contribution in [2.75, 3.05) is 19.6 Å². The van der Waals surface area contributed by atoms with Crippen LogP contribution in [0.1, 0.15) is 36.8 Å². The topological polar surface area (TPSA) is 122 Å². The Kier molecular flexibility index (Phi) is 6.96. The lowest BCUT2D eigenvalue weighted by molar-refractivity contribution is -0.142. The number of carbonyl (C=O) groups excluding carboxylic acids is 3. The molecule has 1 atom stereocenters. The van der Waals surface area contributed by atoms with Gasteiger partial charge >= 0.3 is 6.03 Å². The van der Waals surface area contributed by atoms with Gasteiger partial charge < -0.3 is 21.3 Å². The predicted molar refractivity (Wildman–Crippen MR) is 134 cm³/mol. The first-order valence-electron chi connectivity index (χ1n) is 11.9. The zero-order valence-electron chi connectivity index (χ0n) is 20.6. The van der Waals surface area contributed by atoms with E-state index in [9.17, 15) is 18.8 Å². The third kappa shape index (κ3) is 5.48. The van der Waals surface area contributed by atoms with Crippen LogP contribution in [0.4, 0.5) is 9.18 Å². The Balaban J connectivity index is 1.52. The maximum Gasteiger partial charge on any atom is 0.312 e. The molecule has 36 heavy (non-hydrogen) atoms. The molecule has 0 spiro atoms. The van der Waals surface area contributed by atoms with Gasteiger partial charge in [0.2, 0.25) is 5.91 Å². The quantitative estimate of drug-likeness (QED) is 0.467. The number of amides is 4. The first-order chi connectivity index (χ1) is 17.0. The summed E-state index contributed by atoms with van der Waals surface area (Å²) in [5, 5.41) is 10.7. The number of nitrogens with two attached hydrogens (primary N) is 1. The summed E-state index contributed by atoms with van der Waals surface area (Å²) >= 11 is 0. The van der Waals surface area contributed by atoms with Crippen molar-refractivity contribution in [3.05, 3.63) is 65.6 Å². The first-order valence-corrected chi connectivity index (χ1v) is 11.9. The van der Waals surface area contributed by atoms with E-state index in [1.54, 1.807) is 21.7 Å². The number of urea groups is 1. The van der Waals surface area contributed by atoms with Crippen molar-refractivity contribution in [3.63, 3.8) is 0 Å². The number of benzene rings is 2. The van der Waals surface area contributed by atoms with Gasteiger partial charge in [0, 0.05) is 30.9 Å². The number of nitrogens with one attached hydrogen (secondary N) is 2. The fourth-order valence-corrected chi connectivity index (χ4v) is 4.33. The van der Waals surface area contributed by atoms with Gasteiger partial charge in [-0.2, -0.15) is 5.10 Å². The molecule has 9 nitrogen and oxygen atoms in total. The Bertz CT molecular complexity index is 1280. The molecule has 2 aromatic carbocycles. The molecule has 1 saturated heterocycles. The van der Waals surface area contributed by atoms with Crippen molar-refractivity contribution in [2.45, 2.75) is 33.4 Å². The van der Waals surface area contributed by atoms with Crippen LogP contribution in [0.15, 0.2) is 48.5 Å². The lowest BCUT2D eigenvalue weighted by Gasteiger charge is -2.43. The first kappa shape index (κ1) is 25.2. The summed E-state index contributed by atoms with van der Waals surface area (Å²) in [4.78, 5) is 39.3. The monoisotopic (exact) mass is 494 g/mol. The molecule has 2 heterocycles. The minimum atomic E-state index is -0.768. The Morgan fingerprint density at radius 1 is 1.11 bits per heavy atom. The molecule has 1 aliphatic heterocycles. The molecule has 0 saturated carbocycles. The van der Waals surface area contributed by atoms with E-state index in [1.807, 2.05) is 45.0 Å². The Labute approximate surface area is 208 Å². The van der Waals surface area contributed by atoms with Crippen LogP contribution in [0.2, 0.25) is 0 Å². The molecule has 3 aromatic rings. The van der Waals surface area contributed by atoms with Crippen LogP contribution in [0.3, 0.4) is 0 Å². The van der Waals surface area contributed by atoms with E-state index < -0.39 is 23.4 Å². The SMILES string of the molecule is CC(C)(C)[C@H](NC(=O)c1nn(Cc2ccc(F)cc2)c2ccccc12)C(=O)N1CC(CNC(N)=O)C1. The smallest absolute Gasteiger partial charge is 0.312 e. The van der Waals surface area contributed by atoms with Crippen LogP contribution in [-0.2, 0) is 11.3 Å². The van der Waals surface area contributed by atoms with Crippen molar-refractivity contribution in [1.82, 2.24) is 25.3 Å². The molecule has 4 N–H and O–H groups in total. The van der Waals surface area contributed by atoms with Crippen molar-refractivity contribution in [1.29, 1.82) is 0 Å². The zero-order chi connectivity index (χ0) is 26.0. The van der Waals surface area contributed by atoms with Crippen LogP contribution in [0.5, 0.6) is 0 Å². The average Bonchev–Trinajstić information content (AvgIpc) is 3.15. The maximum atomic E-state index is 13.4. The number of para-hydroxylation sites is 1. The normalized spacial score (nSPS) is 14.8.